The molecule has 0 aliphatic carbocycles. The summed E-state index contributed by atoms with van der Waals surface area (Å²) >= 11 is 0. The maximum Gasteiger partial charge on any atom is 0.305 e. The van der Waals surface area contributed by atoms with E-state index < -0.39 is 24.5 Å². The Balaban J connectivity index is 2.20. The van der Waals surface area contributed by atoms with Crippen LogP contribution in [0.15, 0.2) is 0 Å². The molecule has 0 amide bonds. The molecule has 0 radical (unpaired) electrons. The van der Waals surface area contributed by atoms with Crippen LogP contribution in [0.3, 0.4) is 0 Å². The number of esters is 2. The van der Waals surface area contributed by atoms with E-state index in [2.05, 4.69) is 4.74 Å². The van der Waals surface area contributed by atoms with E-state index in [1.807, 2.05) is 0 Å². The molecule has 80 valence electrons. The Morgan fingerprint density at radius 2 is 2.07 bits per heavy atom. The van der Waals surface area contributed by atoms with Gasteiger partial charge < -0.3 is 18.9 Å². The van der Waals surface area contributed by atoms with Crippen molar-refractivity contribution in [3.63, 3.8) is 0 Å². The predicted molar refractivity (Wildman–Crippen MR) is 43.0 cm³/mol. The smallest absolute Gasteiger partial charge is 0.305 e. The van der Waals surface area contributed by atoms with Gasteiger partial charge in [-0.2, -0.15) is 0 Å². The maximum absolute atomic E-state index is 10.5. The highest BCUT2D eigenvalue weighted by atomic mass is 16.8. The van der Waals surface area contributed by atoms with E-state index in [1.54, 1.807) is 0 Å². The molecule has 6 nitrogen and oxygen atoms in total. The third-order valence-corrected chi connectivity index (χ3v) is 1.44. The minimum absolute atomic E-state index is 0.00704. The highest BCUT2D eigenvalue weighted by molar-refractivity contribution is 5.66. The Bertz CT molecular complexity index is 226. The second kappa shape index (κ2) is 4.92. The van der Waals surface area contributed by atoms with Gasteiger partial charge in [0.05, 0.1) is 0 Å². The molecule has 1 aliphatic heterocycles. The molecule has 6 heteroatoms. The van der Waals surface area contributed by atoms with Crippen molar-refractivity contribution in [2.24, 2.45) is 0 Å². The lowest BCUT2D eigenvalue weighted by Gasteiger charge is -2.10. The fourth-order valence-corrected chi connectivity index (χ4v) is 0.953. The van der Waals surface area contributed by atoms with Crippen LogP contribution in [0.25, 0.3) is 0 Å². The van der Waals surface area contributed by atoms with E-state index in [0.717, 1.165) is 0 Å². The summed E-state index contributed by atoms with van der Waals surface area (Å²) in [6.45, 7) is 2.74. The molecule has 0 bridgehead atoms. The first-order valence-electron chi connectivity index (χ1n) is 4.15. The quantitative estimate of drug-likeness (QED) is 0.593. The van der Waals surface area contributed by atoms with E-state index in [9.17, 15) is 9.59 Å². The summed E-state index contributed by atoms with van der Waals surface area (Å²) in [5, 5.41) is 0. The van der Waals surface area contributed by atoms with Crippen LogP contribution < -0.4 is 0 Å². The third-order valence-electron chi connectivity index (χ3n) is 1.44. The van der Waals surface area contributed by atoms with Crippen molar-refractivity contribution in [3.05, 3.63) is 0 Å². The lowest BCUT2D eigenvalue weighted by atomic mass is 10.7. The van der Waals surface area contributed by atoms with Crippen LogP contribution in [0, 0.1) is 0 Å². The van der Waals surface area contributed by atoms with Crippen molar-refractivity contribution in [2.45, 2.75) is 26.4 Å². The van der Waals surface area contributed by atoms with Crippen molar-refractivity contribution in [3.8, 4) is 0 Å². The predicted octanol–water partition coefficient (Wildman–Crippen LogP) is -0.188. The van der Waals surface area contributed by atoms with Crippen LogP contribution in [-0.2, 0) is 28.5 Å². The Morgan fingerprint density at radius 1 is 1.36 bits per heavy atom. The first-order chi connectivity index (χ1) is 6.58. The molecule has 1 fully saturated rings. The summed E-state index contributed by atoms with van der Waals surface area (Å²) in [6.07, 6.45) is -1.35. The lowest BCUT2D eigenvalue weighted by molar-refractivity contribution is -0.183. The van der Waals surface area contributed by atoms with Crippen LogP contribution in [0.2, 0.25) is 0 Å². The van der Waals surface area contributed by atoms with E-state index in [4.69, 9.17) is 14.2 Å². The van der Waals surface area contributed by atoms with Crippen molar-refractivity contribution in [1.82, 2.24) is 0 Å². The largest absolute Gasteiger partial charge is 0.460 e. The van der Waals surface area contributed by atoms with Gasteiger partial charge in [-0.15, -0.1) is 0 Å². The molecular formula is C8H12O6. The average molecular weight is 204 g/mol. The molecule has 1 rings (SSSR count). The molecule has 1 aliphatic rings. The summed E-state index contributed by atoms with van der Waals surface area (Å²) in [5.74, 6) is -0.847. The van der Waals surface area contributed by atoms with Gasteiger partial charge in [0.2, 0.25) is 6.29 Å². The minimum atomic E-state index is -0.701. The SMILES string of the molecule is CC(=O)OC[C@H]1OCC(OC(C)=O)O1. The molecule has 0 N–H and O–H groups in total. The Labute approximate surface area is 81.1 Å². The molecule has 0 spiro atoms. The highest BCUT2D eigenvalue weighted by Gasteiger charge is 2.28. The van der Waals surface area contributed by atoms with Crippen LogP contribution in [0.4, 0.5) is 0 Å². The number of hydrogen-bond donors (Lipinski definition) is 0. The standard InChI is InChI=1S/C8H12O6/c1-5(9)11-3-7-12-4-8(14-7)13-6(2)10/h7-8H,3-4H2,1-2H3/t7-,8?/m0/s1. The van der Waals surface area contributed by atoms with Crippen LogP contribution in [0.1, 0.15) is 13.8 Å². The number of rotatable bonds is 3. The summed E-state index contributed by atoms with van der Waals surface area (Å²) in [5.41, 5.74) is 0. The average Bonchev–Trinajstić information content (AvgIpc) is 2.47. The zero-order valence-electron chi connectivity index (χ0n) is 8.02. The topological polar surface area (TPSA) is 71.1 Å². The van der Waals surface area contributed by atoms with E-state index in [0.29, 0.717) is 0 Å². The normalized spacial score (nSPS) is 25.9. The van der Waals surface area contributed by atoms with Crippen molar-refractivity contribution in [1.29, 1.82) is 0 Å². The van der Waals surface area contributed by atoms with Crippen LogP contribution >= 0.6 is 0 Å². The van der Waals surface area contributed by atoms with E-state index in [-0.39, 0.29) is 13.2 Å². The van der Waals surface area contributed by atoms with Gasteiger partial charge in [0.15, 0.2) is 6.29 Å². The number of hydrogen-bond acceptors (Lipinski definition) is 6. The van der Waals surface area contributed by atoms with E-state index in [1.165, 1.54) is 13.8 Å². The molecule has 0 aromatic carbocycles. The van der Waals surface area contributed by atoms with Crippen LogP contribution in [0.5, 0.6) is 0 Å². The molecular weight excluding hydrogens is 192 g/mol. The van der Waals surface area contributed by atoms with Gasteiger partial charge in [-0.05, 0) is 0 Å². The molecule has 2 atom stereocenters. The molecule has 1 heterocycles. The van der Waals surface area contributed by atoms with Gasteiger partial charge in [-0.3, -0.25) is 9.59 Å². The fraction of sp³-hybridized carbons (Fsp3) is 0.750. The molecule has 14 heavy (non-hydrogen) atoms. The summed E-state index contributed by atoms with van der Waals surface area (Å²) in [7, 11) is 0. The van der Waals surface area contributed by atoms with Gasteiger partial charge in [0.25, 0.3) is 0 Å². The molecule has 1 unspecified atom stereocenters. The third kappa shape index (κ3) is 3.71. The van der Waals surface area contributed by atoms with Gasteiger partial charge in [-0.25, -0.2) is 0 Å². The highest BCUT2D eigenvalue weighted by Crippen LogP contribution is 2.12. The first kappa shape index (κ1) is 10.9. The number of ether oxygens (including phenoxy) is 4. The van der Waals surface area contributed by atoms with Crippen molar-refractivity contribution >= 4 is 11.9 Å². The Morgan fingerprint density at radius 3 is 2.64 bits per heavy atom. The Kier molecular flexibility index (Phi) is 3.84. The second-order valence-electron chi connectivity index (χ2n) is 2.74. The number of carbonyl (C=O) groups excluding carboxylic acids is 2. The van der Waals surface area contributed by atoms with Crippen molar-refractivity contribution in [2.75, 3.05) is 13.2 Å². The van der Waals surface area contributed by atoms with Gasteiger partial charge in [0, 0.05) is 13.8 Å². The second-order valence-corrected chi connectivity index (χ2v) is 2.74. The van der Waals surface area contributed by atoms with Gasteiger partial charge >= 0.3 is 11.9 Å². The van der Waals surface area contributed by atoms with Crippen molar-refractivity contribution < 1.29 is 28.5 Å². The summed E-state index contributed by atoms with van der Waals surface area (Å²) in [4.78, 5) is 21.0. The minimum Gasteiger partial charge on any atom is -0.460 e. The summed E-state index contributed by atoms with van der Waals surface area (Å²) < 4.78 is 19.5. The Hall–Kier alpha value is -1.14. The lowest BCUT2D eigenvalue weighted by Crippen LogP contribution is -2.22. The summed E-state index contributed by atoms with van der Waals surface area (Å²) in [6, 6.07) is 0. The fourth-order valence-electron chi connectivity index (χ4n) is 0.953. The number of carbonyl (C=O) groups is 2. The van der Waals surface area contributed by atoms with E-state index >= 15 is 0 Å². The monoisotopic (exact) mass is 204 g/mol. The zero-order valence-corrected chi connectivity index (χ0v) is 8.02. The van der Waals surface area contributed by atoms with Gasteiger partial charge in [0.1, 0.15) is 13.2 Å². The molecule has 0 aromatic heterocycles. The zero-order chi connectivity index (χ0) is 10.6. The molecule has 1 saturated heterocycles. The first-order valence-corrected chi connectivity index (χ1v) is 4.15. The molecule has 0 aromatic rings. The molecule has 0 saturated carbocycles. The maximum atomic E-state index is 10.5. The van der Waals surface area contributed by atoms with Gasteiger partial charge in [-0.1, -0.05) is 0 Å². The van der Waals surface area contributed by atoms with Crippen LogP contribution in [-0.4, -0.2) is 37.7 Å².